The number of fused-ring (bicyclic) bond motifs is 1. The van der Waals surface area contributed by atoms with Crippen LogP contribution in [-0.4, -0.2) is 48.1 Å². The molecule has 1 atom stereocenters. The fourth-order valence-electron chi connectivity index (χ4n) is 2.64. The normalized spacial score (nSPS) is 16.5. The van der Waals surface area contributed by atoms with Gasteiger partial charge in [0.05, 0.1) is 19.3 Å². The van der Waals surface area contributed by atoms with Crippen LogP contribution in [0, 0.1) is 0 Å². The molecule has 1 amide bonds. The predicted octanol–water partition coefficient (Wildman–Crippen LogP) is 1.32. The molecule has 1 aromatic heterocycles. The number of nitrogens with two attached hydrogens (primary N) is 1. The summed E-state index contributed by atoms with van der Waals surface area (Å²) in [7, 11) is 0. The molecule has 1 aliphatic heterocycles. The number of rotatable bonds is 3. The van der Waals surface area contributed by atoms with Crippen molar-refractivity contribution in [3.8, 4) is 0 Å². The van der Waals surface area contributed by atoms with E-state index in [1.54, 1.807) is 4.90 Å². The minimum absolute atomic E-state index is 0. The van der Waals surface area contributed by atoms with E-state index in [1.165, 1.54) is 0 Å². The van der Waals surface area contributed by atoms with E-state index in [-0.39, 0.29) is 18.3 Å². The third-order valence-electron chi connectivity index (χ3n) is 3.75. The van der Waals surface area contributed by atoms with Crippen LogP contribution in [0.2, 0.25) is 0 Å². The highest BCUT2D eigenvalue weighted by Crippen LogP contribution is 2.19. The summed E-state index contributed by atoms with van der Waals surface area (Å²) in [4.78, 5) is 17.3. The maximum Gasteiger partial charge on any atom is 0.239 e. The van der Waals surface area contributed by atoms with E-state index in [0.717, 1.165) is 16.5 Å². The molecule has 1 aliphatic rings. The molecule has 1 fully saturated rings. The fourth-order valence-corrected chi connectivity index (χ4v) is 2.64. The maximum absolute atomic E-state index is 12.3. The molecule has 2 heterocycles. The second-order valence-electron chi connectivity index (χ2n) is 5.11. The van der Waals surface area contributed by atoms with Crippen LogP contribution in [0.25, 0.3) is 10.9 Å². The summed E-state index contributed by atoms with van der Waals surface area (Å²) in [6.07, 6.45) is 2.50. The fraction of sp³-hybridized carbons (Fsp3) is 0.400. The molecule has 0 bridgehead atoms. The van der Waals surface area contributed by atoms with Crippen molar-refractivity contribution >= 4 is 29.2 Å². The summed E-state index contributed by atoms with van der Waals surface area (Å²) in [5, 5.41) is 1.14. The van der Waals surface area contributed by atoms with Crippen molar-refractivity contribution in [3.05, 3.63) is 36.0 Å². The Morgan fingerprint density at radius 1 is 1.33 bits per heavy atom. The minimum atomic E-state index is -0.493. The largest absolute Gasteiger partial charge is 0.378 e. The van der Waals surface area contributed by atoms with Crippen molar-refractivity contribution in [2.24, 2.45) is 5.73 Å². The number of aromatic nitrogens is 1. The van der Waals surface area contributed by atoms with Gasteiger partial charge in [-0.15, -0.1) is 12.4 Å². The molecule has 5 nitrogen and oxygen atoms in total. The van der Waals surface area contributed by atoms with Crippen molar-refractivity contribution in [1.29, 1.82) is 0 Å². The molecular formula is C15H20ClN3O2. The van der Waals surface area contributed by atoms with Gasteiger partial charge < -0.3 is 20.4 Å². The Hall–Kier alpha value is -1.56. The molecule has 0 aliphatic carbocycles. The highest BCUT2D eigenvalue weighted by Gasteiger charge is 2.23. The van der Waals surface area contributed by atoms with Crippen LogP contribution >= 0.6 is 12.4 Å². The Labute approximate surface area is 129 Å². The molecular weight excluding hydrogens is 290 g/mol. The Morgan fingerprint density at radius 2 is 2.05 bits per heavy atom. The molecule has 2 aromatic rings. The van der Waals surface area contributed by atoms with E-state index in [4.69, 9.17) is 10.5 Å². The molecule has 6 heteroatoms. The van der Waals surface area contributed by atoms with Gasteiger partial charge in [0.2, 0.25) is 5.91 Å². The molecule has 0 saturated carbocycles. The van der Waals surface area contributed by atoms with E-state index in [0.29, 0.717) is 32.7 Å². The van der Waals surface area contributed by atoms with E-state index >= 15 is 0 Å². The number of amides is 1. The molecule has 1 saturated heterocycles. The Balaban J connectivity index is 0.00000161. The van der Waals surface area contributed by atoms with E-state index in [2.05, 4.69) is 4.98 Å². The second kappa shape index (κ2) is 6.93. The van der Waals surface area contributed by atoms with Gasteiger partial charge in [0.15, 0.2) is 0 Å². The van der Waals surface area contributed by atoms with Gasteiger partial charge in [-0.25, -0.2) is 0 Å². The Kier molecular flexibility index (Phi) is 5.22. The summed E-state index contributed by atoms with van der Waals surface area (Å²) >= 11 is 0. The smallest absolute Gasteiger partial charge is 0.239 e. The topological polar surface area (TPSA) is 71.4 Å². The highest BCUT2D eigenvalue weighted by molar-refractivity contribution is 5.86. The average molecular weight is 310 g/mol. The molecule has 0 spiro atoms. The van der Waals surface area contributed by atoms with E-state index < -0.39 is 6.04 Å². The van der Waals surface area contributed by atoms with Gasteiger partial charge >= 0.3 is 0 Å². The lowest BCUT2D eigenvalue weighted by Crippen LogP contribution is -2.49. The highest BCUT2D eigenvalue weighted by atomic mass is 35.5. The summed E-state index contributed by atoms with van der Waals surface area (Å²) in [6, 6.07) is 7.56. The van der Waals surface area contributed by atoms with Gasteiger partial charge in [-0.3, -0.25) is 4.79 Å². The monoisotopic (exact) mass is 309 g/mol. The molecule has 1 aromatic carbocycles. The van der Waals surface area contributed by atoms with Crippen LogP contribution in [0.15, 0.2) is 30.5 Å². The van der Waals surface area contributed by atoms with E-state index in [1.807, 2.05) is 30.5 Å². The first-order chi connectivity index (χ1) is 9.75. The summed E-state index contributed by atoms with van der Waals surface area (Å²) in [5.41, 5.74) is 8.25. The lowest BCUT2D eigenvalue weighted by Gasteiger charge is -2.29. The number of nitrogens with one attached hydrogen (secondary N) is 1. The van der Waals surface area contributed by atoms with Crippen LogP contribution in [0.5, 0.6) is 0 Å². The van der Waals surface area contributed by atoms with Gasteiger partial charge in [-0.2, -0.15) is 0 Å². The van der Waals surface area contributed by atoms with Gasteiger partial charge in [0.1, 0.15) is 0 Å². The van der Waals surface area contributed by atoms with Crippen molar-refractivity contribution in [1.82, 2.24) is 9.88 Å². The molecule has 21 heavy (non-hydrogen) atoms. The lowest BCUT2D eigenvalue weighted by molar-refractivity contribution is -0.136. The zero-order chi connectivity index (χ0) is 13.9. The van der Waals surface area contributed by atoms with Gasteiger partial charge in [-0.1, -0.05) is 18.2 Å². The quantitative estimate of drug-likeness (QED) is 0.898. The molecule has 0 radical (unpaired) electrons. The number of nitrogens with zero attached hydrogens (tertiary/aromatic N) is 1. The first-order valence-corrected chi connectivity index (χ1v) is 6.93. The number of benzene rings is 1. The number of hydrogen-bond donors (Lipinski definition) is 2. The van der Waals surface area contributed by atoms with Crippen molar-refractivity contribution in [3.63, 3.8) is 0 Å². The van der Waals surface area contributed by atoms with Gasteiger partial charge in [0, 0.05) is 30.2 Å². The average Bonchev–Trinajstić information content (AvgIpc) is 2.91. The van der Waals surface area contributed by atoms with Crippen molar-refractivity contribution in [2.75, 3.05) is 26.3 Å². The van der Waals surface area contributed by atoms with Gasteiger partial charge in [-0.05, 0) is 18.1 Å². The number of morpholine rings is 1. The van der Waals surface area contributed by atoms with Crippen LogP contribution in [0.3, 0.4) is 0 Å². The number of halogens is 1. The number of H-pyrrole nitrogens is 1. The van der Waals surface area contributed by atoms with Crippen molar-refractivity contribution < 1.29 is 9.53 Å². The maximum atomic E-state index is 12.3. The SMILES string of the molecule is Cl.N[C@@H](Cc1c[nH]c2ccccc12)C(=O)N1CCOCC1. The molecule has 3 rings (SSSR count). The van der Waals surface area contributed by atoms with Crippen molar-refractivity contribution in [2.45, 2.75) is 12.5 Å². The molecule has 114 valence electrons. The number of carbonyl (C=O) groups is 1. The standard InChI is InChI=1S/C15H19N3O2.ClH/c16-13(15(19)18-5-7-20-8-6-18)9-11-10-17-14-4-2-1-3-12(11)14;/h1-4,10,13,17H,5-9,16H2;1H/t13-;/m0./s1. The number of carbonyl (C=O) groups excluding carboxylic acids is 1. The van der Waals surface area contributed by atoms with Crippen LogP contribution in [-0.2, 0) is 16.0 Å². The van der Waals surface area contributed by atoms with Crippen LogP contribution in [0.1, 0.15) is 5.56 Å². The summed E-state index contributed by atoms with van der Waals surface area (Å²) < 4.78 is 5.25. The minimum Gasteiger partial charge on any atom is -0.378 e. The third-order valence-corrected chi connectivity index (χ3v) is 3.75. The van der Waals surface area contributed by atoms with Crippen LogP contribution < -0.4 is 5.73 Å². The number of aromatic amines is 1. The summed E-state index contributed by atoms with van der Waals surface area (Å²) in [6.45, 7) is 2.48. The summed E-state index contributed by atoms with van der Waals surface area (Å²) in [5.74, 6) is 0.0126. The zero-order valence-corrected chi connectivity index (χ0v) is 12.6. The number of para-hydroxylation sites is 1. The zero-order valence-electron chi connectivity index (χ0n) is 11.7. The Bertz CT molecular complexity index is 608. The van der Waals surface area contributed by atoms with Crippen LogP contribution in [0.4, 0.5) is 0 Å². The number of ether oxygens (including phenoxy) is 1. The molecule has 3 N–H and O–H groups in total. The lowest BCUT2D eigenvalue weighted by atomic mass is 10.0. The molecule has 0 unspecified atom stereocenters. The first-order valence-electron chi connectivity index (χ1n) is 6.93. The third kappa shape index (κ3) is 3.37. The first kappa shape index (κ1) is 15.8. The van der Waals surface area contributed by atoms with Gasteiger partial charge in [0.25, 0.3) is 0 Å². The number of hydrogen-bond acceptors (Lipinski definition) is 3. The van der Waals surface area contributed by atoms with E-state index in [9.17, 15) is 4.79 Å². The predicted molar refractivity (Wildman–Crippen MR) is 84.6 cm³/mol. The Morgan fingerprint density at radius 3 is 2.81 bits per heavy atom. The second-order valence-corrected chi connectivity index (χ2v) is 5.11.